The minimum absolute atomic E-state index is 0.456. The van der Waals surface area contributed by atoms with Crippen molar-refractivity contribution in [3.63, 3.8) is 0 Å². The summed E-state index contributed by atoms with van der Waals surface area (Å²) in [4.78, 5) is 0. The summed E-state index contributed by atoms with van der Waals surface area (Å²) in [6, 6.07) is 7.96. The molecule has 0 radical (unpaired) electrons. The van der Waals surface area contributed by atoms with Crippen molar-refractivity contribution in [2.45, 2.75) is 38.8 Å². The van der Waals surface area contributed by atoms with Gasteiger partial charge in [0.2, 0.25) is 0 Å². The SMILES string of the molecule is CCCn1cc(C(O)CCc2ccc(OC)cc2)cn1. The highest BCUT2D eigenvalue weighted by Gasteiger charge is 2.10. The lowest BCUT2D eigenvalue weighted by molar-refractivity contribution is 0.167. The van der Waals surface area contributed by atoms with Crippen LogP contribution in [0.3, 0.4) is 0 Å². The Morgan fingerprint density at radius 1 is 1.30 bits per heavy atom. The number of ether oxygens (including phenoxy) is 1. The molecule has 1 aromatic carbocycles. The summed E-state index contributed by atoms with van der Waals surface area (Å²) in [7, 11) is 1.66. The lowest BCUT2D eigenvalue weighted by Crippen LogP contribution is -1.99. The minimum Gasteiger partial charge on any atom is -0.497 e. The molecule has 4 heteroatoms. The van der Waals surface area contributed by atoms with Gasteiger partial charge in [0, 0.05) is 18.3 Å². The Morgan fingerprint density at radius 2 is 2.05 bits per heavy atom. The molecule has 2 rings (SSSR count). The number of methoxy groups -OCH3 is 1. The van der Waals surface area contributed by atoms with Gasteiger partial charge in [-0.05, 0) is 37.0 Å². The van der Waals surface area contributed by atoms with Crippen LogP contribution in [0.5, 0.6) is 5.75 Å². The van der Waals surface area contributed by atoms with Crippen LogP contribution in [0.2, 0.25) is 0 Å². The maximum absolute atomic E-state index is 10.2. The van der Waals surface area contributed by atoms with Crippen LogP contribution >= 0.6 is 0 Å². The number of hydrogen-bond acceptors (Lipinski definition) is 3. The first kappa shape index (κ1) is 14.6. The predicted octanol–water partition coefficient (Wildman–Crippen LogP) is 2.97. The average molecular weight is 274 g/mol. The van der Waals surface area contributed by atoms with Gasteiger partial charge in [-0.15, -0.1) is 0 Å². The predicted molar refractivity (Wildman–Crippen MR) is 78.8 cm³/mol. The maximum Gasteiger partial charge on any atom is 0.118 e. The molecule has 0 aliphatic carbocycles. The lowest BCUT2D eigenvalue weighted by Gasteiger charge is -2.08. The molecule has 108 valence electrons. The Hall–Kier alpha value is -1.81. The number of rotatable bonds is 7. The van der Waals surface area contributed by atoms with Crippen molar-refractivity contribution in [2.75, 3.05) is 7.11 Å². The smallest absolute Gasteiger partial charge is 0.118 e. The summed E-state index contributed by atoms with van der Waals surface area (Å²) < 4.78 is 7.01. The van der Waals surface area contributed by atoms with E-state index in [1.54, 1.807) is 13.3 Å². The van der Waals surface area contributed by atoms with Gasteiger partial charge in [-0.3, -0.25) is 4.68 Å². The molecule has 2 aromatic rings. The van der Waals surface area contributed by atoms with Crippen molar-refractivity contribution >= 4 is 0 Å². The summed E-state index contributed by atoms with van der Waals surface area (Å²) in [6.45, 7) is 3.01. The van der Waals surface area contributed by atoms with Crippen molar-refractivity contribution in [1.29, 1.82) is 0 Å². The molecule has 0 aliphatic rings. The topological polar surface area (TPSA) is 47.3 Å². The Bertz CT molecular complexity index is 520. The number of aliphatic hydroxyl groups excluding tert-OH is 1. The van der Waals surface area contributed by atoms with Crippen LogP contribution in [0.25, 0.3) is 0 Å². The highest BCUT2D eigenvalue weighted by molar-refractivity contribution is 5.27. The molecular formula is C16H22N2O2. The van der Waals surface area contributed by atoms with E-state index in [1.165, 1.54) is 5.56 Å². The van der Waals surface area contributed by atoms with E-state index < -0.39 is 6.10 Å². The van der Waals surface area contributed by atoms with Crippen LogP contribution in [0.1, 0.15) is 37.0 Å². The Balaban J connectivity index is 1.88. The monoisotopic (exact) mass is 274 g/mol. The average Bonchev–Trinajstić information content (AvgIpc) is 2.94. The Labute approximate surface area is 120 Å². The molecule has 0 fully saturated rings. The Morgan fingerprint density at radius 3 is 2.70 bits per heavy atom. The zero-order valence-corrected chi connectivity index (χ0v) is 12.1. The molecule has 0 bridgehead atoms. The zero-order valence-electron chi connectivity index (χ0n) is 12.1. The molecule has 0 saturated heterocycles. The third-order valence-electron chi connectivity index (χ3n) is 3.36. The van der Waals surface area contributed by atoms with Gasteiger partial charge in [0.15, 0.2) is 0 Å². The molecule has 20 heavy (non-hydrogen) atoms. The van der Waals surface area contributed by atoms with E-state index in [2.05, 4.69) is 12.0 Å². The number of hydrogen-bond donors (Lipinski definition) is 1. The Kier molecular flexibility index (Phi) is 5.18. The van der Waals surface area contributed by atoms with E-state index in [1.807, 2.05) is 35.1 Å². The van der Waals surface area contributed by atoms with Gasteiger partial charge in [-0.2, -0.15) is 5.10 Å². The first-order valence-corrected chi connectivity index (χ1v) is 7.06. The number of benzene rings is 1. The van der Waals surface area contributed by atoms with Crippen molar-refractivity contribution in [1.82, 2.24) is 9.78 Å². The fraction of sp³-hybridized carbons (Fsp3) is 0.438. The molecule has 0 amide bonds. The third kappa shape index (κ3) is 3.84. The first-order chi connectivity index (χ1) is 9.72. The van der Waals surface area contributed by atoms with Gasteiger partial charge < -0.3 is 9.84 Å². The van der Waals surface area contributed by atoms with E-state index in [9.17, 15) is 5.11 Å². The molecule has 1 heterocycles. The van der Waals surface area contributed by atoms with Crippen molar-refractivity contribution in [3.8, 4) is 5.75 Å². The van der Waals surface area contributed by atoms with Gasteiger partial charge >= 0.3 is 0 Å². The highest BCUT2D eigenvalue weighted by Crippen LogP contribution is 2.20. The normalized spacial score (nSPS) is 12.3. The van der Waals surface area contributed by atoms with Crippen molar-refractivity contribution in [2.24, 2.45) is 0 Å². The fourth-order valence-electron chi connectivity index (χ4n) is 2.17. The maximum atomic E-state index is 10.2. The van der Waals surface area contributed by atoms with Gasteiger partial charge in [0.25, 0.3) is 0 Å². The van der Waals surface area contributed by atoms with E-state index >= 15 is 0 Å². The van der Waals surface area contributed by atoms with Crippen LogP contribution in [0.4, 0.5) is 0 Å². The van der Waals surface area contributed by atoms with Crippen molar-refractivity contribution < 1.29 is 9.84 Å². The molecule has 1 aromatic heterocycles. The van der Waals surface area contributed by atoms with E-state index in [0.29, 0.717) is 6.42 Å². The highest BCUT2D eigenvalue weighted by atomic mass is 16.5. The summed E-state index contributed by atoms with van der Waals surface area (Å²) in [5, 5.41) is 14.4. The van der Waals surface area contributed by atoms with Gasteiger partial charge in [-0.1, -0.05) is 19.1 Å². The number of nitrogens with zero attached hydrogens (tertiary/aromatic N) is 2. The van der Waals surface area contributed by atoms with Crippen LogP contribution in [0, 0.1) is 0 Å². The molecule has 1 atom stereocenters. The third-order valence-corrected chi connectivity index (χ3v) is 3.36. The summed E-state index contributed by atoms with van der Waals surface area (Å²) in [5.74, 6) is 0.857. The van der Waals surface area contributed by atoms with Crippen LogP contribution in [0.15, 0.2) is 36.7 Å². The molecule has 0 saturated carbocycles. The number of aryl methyl sites for hydroxylation is 2. The van der Waals surface area contributed by atoms with Gasteiger partial charge in [0.1, 0.15) is 5.75 Å². The number of aliphatic hydroxyl groups is 1. The van der Waals surface area contributed by atoms with Gasteiger partial charge in [0.05, 0.1) is 19.4 Å². The molecule has 1 N–H and O–H groups in total. The van der Waals surface area contributed by atoms with Crippen LogP contribution in [-0.4, -0.2) is 22.0 Å². The first-order valence-electron chi connectivity index (χ1n) is 7.06. The lowest BCUT2D eigenvalue weighted by atomic mass is 10.0. The number of aromatic nitrogens is 2. The molecule has 0 aliphatic heterocycles. The summed E-state index contributed by atoms with van der Waals surface area (Å²) in [5.41, 5.74) is 2.10. The van der Waals surface area contributed by atoms with E-state index in [-0.39, 0.29) is 0 Å². The quantitative estimate of drug-likeness (QED) is 0.844. The van der Waals surface area contributed by atoms with Gasteiger partial charge in [-0.25, -0.2) is 0 Å². The molecule has 0 spiro atoms. The largest absolute Gasteiger partial charge is 0.497 e. The minimum atomic E-state index is -0.456. The standard InChI is InChI=1S/C16H22N2O2/c1-3-10-18-12-14(11-17-18)16(19)9-6-13-4-7-15(20-2)8-5-13/h4-5,7-8,11-12,16,19H,3,6,9-10H2,1-2H3. The van der Waals surface area contributed by atoms with E-state index in [0.717, 1.165) is 30.7 Å². The molecule has 4 nitrogen and oxygen atoms in total. The zero-order chi connectivity index (χ0) is 14.4. The second-order valence-electron chi connectivity index (χ2n) is 4.94. The molecular weight excluding hydrogens is 252 g/mol. The van der Waals surface area contributed by atoms with Crippen LogP contribution in [-0.2, 0) is 13.0 Å². The van der Waals surface area contributed by atoms with E-state index in [4.69, 9.17) is 4.74 Å². The summed E-state index contributed by atoms with van der Waals surface area (Å²) in [6.07, 6.45) is 5.82. The van der Waals surface area contributed by atoms with Crippen molar-refractivity contribution in [3.05, 3.63) is 47.8 Å². The second kappa shape index (κ2) is 7.10. The molecule has 1 unspecified atom stereocenters. The second-order valence-corrected chi connectivity index (χ2v) is 4.94. The van der Waals surface area contributed by atoms with Crippen LogP contribution < -0.4 is 4.74 Å². The summed E-state index contributed by atoms with van der Waals surface area (Å²) >= 11 is 0. The fourth-order valence-corrected chi connectivity index (χ4v) is 2.17.